The average Bonchev–Trinajstić information content (AvgIpc) is 2.74. The SMILES string of the molecule is CC(Oc1cccc(C2CCN(C(CO)C(=O)O)CC2)n1)c1ccc(C#N)cc1F. The molecule has 0 radical (unpaired) electrons. The standard InChI is InChI=1S/C22H24FN3O4/c1-14(17-6-5-15(12-24)11-18(17)23)30-21-4-2-3-19(25-21)16-7-9-26(10-8-16)20(13-27)22(28)29/h2-6,11,14,16,20,27H,7-10,13H2,1H3,(H,28,29). The third-order valence-electron chi connectivity index (χ3n) is 5.46. The predicted molar refractivity (Wildman–Crippen MR) is 106 cm³/mol. The number of benzene rings is 1. The molecule has 1 aromatic heterocycles. The van der Waals surface area contributed by atoms with Gasteiger partial charge in [0.2, 0.25) is 5.88 Å². The van der Waals surface area contributed by atoms with Crippen LogP contribution in [0.4, 0.5) is 4.39 Å². The number of hydrogen-bond donors (Lipinski definition) is 2. The van der Waals surface area contributed by atoms with Crippen molar-refractivity contribution >= 4 is 5.97 Å². The number of nitriles is 1. The van der Waals surface area contributed by atoms with Crippen LogP contribution in [-0.4, -0.2) is 51.8 Å². The quantitative estimate of drug-likeness (QED) is 0.719. The lowest BCUT2D eigenvalue weighted by Gasteiger charge is -2.34. The van der Waals surface area contributed by atoms with Gasteiger partial charge in [-0.05, 0) is 51.1 Å². The first-order valence-electron chi connectivity index (χ1n) is 9.83. The van der Waals surface area contributed by atoms with Gasteiger partial charge in [-0.25, -0.2) is 9.37 Å². The van der Waals surface area contributed by atoms with Crippen molar-refractivity contribution < 1.29 is 24.1 Å². The topological polar surface area (TPSA) is 107 Å². The zero-order chi connectivity index (χ0) is 21.7. The van der Waals surface area contributed by atoms with Crippen LogP contribution in [0, 0.1) is 17.1 Å². The molecule has 2 unspecified atom stereocenters. The number of likely N-dealkylation sites (tertiary alicyclic amines) is 1. The maximum atomic E-state index is 14.2. The number of carboxylic acids is 1. The molecule has 0 spiro atoms. The van der Waals surface area contributed by atoms with Crippen molar-refractivity contribution in [3.05, 3.63) is 59.0 Å². The van der Waals surface area contributed by atoms with Gasteiger partial charge in [0.05, 0.1) is 18.2 Å². The largest absolute Gasteiger partial charge is 0.480 e. The summed E-state index contributed by atoms with van der Waals surface area (Å²) < 4.78 is 20.1. The third-order valence-corrected chi connectivity index (χ3v) is 5.46. The monoisotopic (exact) mass is 413 g/mol. The van der Waals surface area contributed by atoms with E-state index in [2.05, 4.69) is 4.98 Å². The number of carboxylic acid groups (broad SMARTS) is 1. The Morgan fingerprint density at radius 3 is 2.70 bits per heavy atom. The van der Waals surface area contributed by atoms with E-state index < -0.39 is 30.5 Å². The number of nitrogens with zero attached hydrogens (tertiary/aromatic N) is 3. The van der Waals surface area contributed by atoms with Gasteiger partial charge in [0.1, 0.15) is 18.0 Å². The molecule has 8 heteroatoms. The molecular formula is C22H24FN3O4. The van der Waals surface area contributed by atoms with Crippen LogP contribution in [0.15, 0.2) is 36.4 Å². The number of aliphatic hydroxyl groups is 1. The molecule has 1 fully saturated rings. The minimum absolute atomic E-state index is 0.153. The minimum Gasteiger partial charge on any atom is -0.480 e. The lowest BCUT2D eigenvalue weighted by Crippen LogP contribution is -2.47. The Balaban J connectivity index is 1.66. The second kappa shape index (κ2) is 9.65. The Morgan fingerprint density at radius 1 is 1.37 bits per heavy atom. The fraction of sp³-hybridized carbons (Fsp3) is 0.409. The molecule has 1 aromatic carbocycles. The van der Waals surface area contributed by atoms with Gasteiger partial charge < -0.3 is 14.9 Å². The van der Waals surface area contributed by atoms with Crippen molar-refractivity contribution in [1.82, 2.24) is 9.88 Å². The molecule has 2 atom stereocenters. The normalized spacial score (nSPS) is 17.1. The number of aliphatic carboxylic acids is 1. The van der Waals surface area contributed by atoms with Gasteiger partial charge in [-0.1, -0.05) is 12.1 Å². The summed E-state index contributed by atoms with van der Waals surface area (Å²) in [5.41, 5.74) is 1.44. The van der Waals surface area contributed by atoms with Gasteiger partial charge in [-0.2, -0.15) is 5.26 Å². The van der Waals surface area contributed by atoms with Crippen molar-refractivity contribution in [3.8, 4) is 11.9 Å². The van der Waals surface area contributed by atoms with E-state index in [4.69, 9.17) is 10.00 Å². The first-order chi connectivity index (χ1) is 14.4. The van der Waals surface area contributed by atoms with E-state index in [9.17, 15) is 19.4 Å². The number of aliphatic hydroxyl groups excluding tert-OH is 1. The van der Waals surface area contributed by atoms with Crippen LogP contribution in [0.1, 0.15) is 48.6 Å². The number of halogens is 1. The first kappa shape index (κ1) is 21.7. The van der Waals surface area contributed by atoms with Crippen LogP contribution >= 0.6 is 0 Å². The number of carbonyl (C=O) groups is 1. The second-order valence-electron chi connectivity index (χ2n) is 7.36. The van der Waals surface area contributed by atoms with Crippen molar-refractivity contribution in [2.45, 2.75) is 37.8 Å². The van der Waals surface area contributed by atoms with E-state index in [1.807, 2.05) is 18.2 Å². The first-order valence-corrected chi connectivity index (χ1v) is 9.83. The Morgan fingerprint density at radius 2 is 2.10 bits per heavy atom. The maximum Gasteiger partial charge on any atom is 0.323 e. The summed E-state index contributed by atoms with van der Waals surface area (Å²) in [6.45, 7) is 2.42. The number of rotatable bonds is 7. The van der Waals surface area contributed by atoms with Gasteiger partial charge >= 0.3 is 5.97 Å². The van der Waals surface area contributed by atoms with Gasteiger partial charge in [0, 0.05) is 23.2 Å². The van der Waals surface area contributed by atoms with E-state index in [-0.39, 0.29) is 11.5 Å². The lowest BCUT2D eigenvalue weighted by molar-refractivity contribution is -0.145. The highest BCUT2D eigenvalue weighted by Crippen LogP contribution is 2.30. The molecule has 1 aliphatic heterocycles. The molecule has 0 amide bonds. The van der Waals surface area contributed by atoms with Crippen LogP contribution < -0.4 is 4.74 Å². The highest BCUT2D eigenvalue weighted by atomic mass is 19.1. The van der Waals surface area contributed by atoms with Crippen molar-refractivity contribution in [2.75, 3.05) is 19.7 Å². The molecule has 2 N–H and O–H groups in total. The summed E-state index contributed by atoms with van der Waals surface area (Å²) >= 11 is 0. The fourth-order valence-electron chi connectivity index (χ4n) is 3.75. The zero-order valence-corrected chi connectivity index (χ0v) is 16.7. The van der Waals surface area contributed by atoms with Gasteiger partial charge in [0.25, 0.3) is 0 Å². The number of piperidine rings is 1. The van der Waals surface area contributed by atoms with E-state index in [1.165, 1.54) is 12.1 Å². The second-order valence-corrected chi connectivity index (χ2v) is 7.36. The molecule has 0 saturated carbocycles. The maximum absolute atomic E-state index is 14.2. The molecule has 1 aliphatic rings. The van der Waals surface area contributed by atoms with Crippen LogP contribution in [0.25, 0.3) is 0 Å². The molecule has 2 heterocycles. The molecule has 1 saturated heterocycles. The minimum atomic E-state index is -1.02. The Kier molecular flexibility index (Phi) is 6.98. The molecule has 3 rings (SSSR count). The number of pyridine rings is 1. The molecular weight excluding hydrogens is 389 g/mol. The Bertz CT molecular complexity index is 938. The van der Waals surface area contributed by atoms with Crippen LogP contribution in [-0.2, 0) is 4.79 Å². The lowest BCUT2D eigenvalue weighted by atomic mass is 9.92. The highest BCUT2D eigenvalue weighted by Gasteiger charge is 2.30. The van der Waals surface area contributed by atoms with E-state index in [0.29, 0.717) is 24.5 Å². The molecule has 0 aliphatic carbocycles. The Labute approximate surface area is 174 Å². The summed E-state index contributed by atoms with van der Waals surface area (Å²) in [5.74, 6) is -0.986. The van der Waals surface area contributed by atoms with Crippen LogP contribution in [0.5, 0.6) is 5.88 Å². The molecule has 2 aromatic rings. The summed E-state index contributed by atoms with van der Waals surface area (Å²) in [6, 6.07) is 10.7. The van der Waals surface area contributed by atoms with Gasteiger partial charge in [-0.15, -0.1) is 0 Å². The summed E-state index contributed by atoms with van der Waals surface area (Å²) in [4.78, 5) is 17.6. The van der Waals surface area contributed by atoms with Gasteiger partial charge in [0.15, 0.2) is 0 Å². The molecule has 0 bridgehead atoms. The third kappa shape index (κ3) is 4.93. The number of ether oxygens (including phenoxy) is 1. The van der Waals surface area contributed by atoms with Crippen molar-refractivity contribution in [1.29, 1.82) is 5.26 Å². The van der Waals surface area contributed by atoms with E-state index >= 15 is 0 Å². The summed E-state index contributed by atoms with van der Waals surface area (Å²) in [7, 11) is 0. The predicted octanol–water partition coefficient (Wildman–Crippen LogP) is 2.86. The number of aromatic nitrogens is 1. The van der Waals surface area contributed by atoms with Crippen LogP contribution in [0.2, 0.25) is 0 Å². The van der Waals surface area contributed by atoms with Crippen LogP contribution in [0.3, 0.4) is 0 Å². The zero-order valence-electron chi connectivity index (χ0n) is 16.7. The molecule has 30 heavy (non-hydrogen) atoms. The van der Waals surface area contributed by atoms with Gasteiger partial charge in [-0.3, -0.25) is 9.69 Å². The van der Waals surface area contributed by atoms with Crippen molar-refractivity contribution in [2.24, 2.45) is 0 Å². The van der Waals surface area contributed by atoms with E-state index in [0.717, 1.165) is 18.5 Å². The summed E-state index contributed by atoms with van der Waals surface area (Å²) in [6.07, 6.45) is 0.864. The Hall–Kier alpha value is -3.02. The van der Waals surface area contributed by atoms with E-state index in [1.54, 1.807) is 24.0 Å². The molecule has 7 nitrogen and oxygen atoms in total. The number of hydrogen-bond acceptors (Lipinski definition) is 6. The fourth-order valence-corrected chi connectivity index (χ4v) is 3.75. The highest BCUT2D eigenvalue weighted by molar-refractivity contribution is 5.73. The smallest absolute Gasteiger partial charge is 0.323 e. The molecule has 158 valence electrons. The average molecular weight is 413 g/mol. The van der Waals surface area contributed by atoms with Crippen molar-refractivity contribution in [3.63, 3.8) is 0 Å². The summed E-state index contributed by atoms with van der Waals surface area (Å²) in [5, 5.41) is 27.4.